The van der Waals surface area contributed by atoms with Crippen molar-refractivity contribution in [2.75, 3.05) is 0 Å². The second kappa shape index (κ2) is 4.64. The van der Waals surface area contributed by atoms with Crippen molar-refractivity contribution in [2.24, 2.45) is 9.17 Å². The number of nitrogens with zero attached hydrogens (tertiary/aromatic N) is 3. The lowest BCUT2D eigenvalue weighted by molar-refractivity contribution is 0.591. The van der Waals surface area contributed by atoms with Gasteiger partial charge in [-0.2, -0.15) is 5.10 Å². The molecule has 2 rings (SSSR count). The molecule has 0 aliphatic heterocycles. The SMILES string of the molecule is CC(C)(C)[Si](C)(C)N=S(N)(=O)c1nn(C2CC2)cc1F. The highest BCUT2D eigenvalue weighted by Crippen LogP contribution is 2.38. The van der Waals surface area contributed by atoms with E-state index in [1.54, 1.807) is 0 Å². The van der Waals surface area contributed by atoms with Gasteiger partial charge in [0.25, 0.3) is 0 Å². The van der Waals surface area contributed by atoms with E-state index in [-0.39, 0.29) is 16.1 Å². The van der Waals surface area contributed by atoms with Crippen molar-refractivity contribution in [1.82, 2.24) is 9.78 Å². The van der Waals surface area contributed by atoms with Gasteiger partial charge in [-0.25, -0.2) is 13.7 Å². The maximum Gasteiger partial charge on any atom is 0.206 e. The molecule has 1 aliphatic carbocycles. The van der Waals surface area contributed by atoms with Gasteiger partial charge in [0.15, 0.2) is 14.1 Å². The van der Waals surface area contributed by atoms with E-state index < -0.39 is 24.0 Å². The molecule has 114 valence electrons. The summed E-state index contributed by atoms with van der Waals surface area (Å²) in [5.41, 5.74) is 0. The third kappa shape index (κ3) is 2.96. The van der Waals surface area contributed by atoms with Crippen molar-refractivity contribution in [3.05, 3.63) is 12.0 Å². The molecule has 20 heavy (non-hydrogen) atoms. The molecular weight excluding hydrogens is 295 g/mol. The maximum absolute atomic E-state index is 14.0. The predicted molar refractivity (Wildman–Crippen MR) is 80.7 cm³/mol. The number of nitrogens with two attached hydrogens (primary N) is 1. The lowest BCUT2D eigenvalue weighted by Gasteiger charge is -2.32. The second-order valence-electron chi connectivity index (χ2n) is 6.96. The lowest BCUT2D eigenvalue weighted by Crippen LogP contribution is -2.37. The zero-order chi connectivity index (χ0) is 15.3. The zero-order valence-corrected chi connectivity index (χ0v) is 14.5. The fraction of sp³-hybridized carbons (Fsp3) is 0.750. The van der Waals surface area contributed by atoms with Gasteiger partial charge in [0, 0.05) is 0 Å². The van der Waals surface area contributed by atoms with E-state index in [0.717, 1.165) is 12.8 Å². The van der Waals surface area contributed by atoms with Crippen molar-refractivity contribution < 1.29 is 8.60 Å². The van der Waals surface area contributed by atoms with E-state index in [1.807, 2.05) is 33.9 Å². The highest BCUT2D eigenvalue weighted by Gasteiger charge is 2.38. The molecular formula is C12H23FN4OSSi. The monoisotopic (exact) mass is 318 g/mol. The Hall–Kier alpha value is -0.733. The van der Waals surface area contributed by atoms with Crippen molar-refractivity contribution in [3.8, 4) is 0 Å². The van der Waals surface area contributed by atoms with Crippen molar-refractivity contribution >= 4 is 18.2 Å². The van der Waals surface area contributed by atoms with Gasteiger partial charge in [-0.1, -0.05) is 20.8 Å². The Bertz CT molecular complexity index is 636. The van der Waals surface area contributed by atoms with Crippen LogP contribution in [0.2, 0.25) is 18.1 Å². The smallest absolute Gasteiger partial charge is 0.206 e. The molecule has 0 spiro atoms. The quantitative estimate of drug-likeness (QED) is 0.870. The Morgan fingerprint density at radius 2 is 2.05 bits per heavy atom. The molecule has 1 fully saturated rings. The van der Waals surface area contributed by atoms with Crippen molar-refractivity contribution in [3.63, 3.8) is 0 Å². The largest absolute Gasteiger partial charge is 0.265 e. The third-order valence-electron chi connectivity index (χ3n) is 4.05. The van der Waals surface area contributed by atoms with Gasteiger partial charge < -0.3 is 0 Å². The zero-order valence-electron chi connectivity index (χ0n) is 12.7. The summed E-state index contributed by atoms with van der Waals surface area (Å²) in [6, 6.07) is 0.223. The summed E-state index contributed by atoms with van der Waals surface area (Å²) in [6.45, 7) is 10.1. The van der Waals surface area contributed by atoms with Crippen LogP contribution in [0.15, 0.2) is 15.3 Å². The van der Waals surface area contributed by atoms with Gasteiger partial charge in [0.05, 0.1) is 12.2 Å². The van der Waals surface area contributed by atoms with Crippen molar-refractivity contribution in [1.29, 1.82) is 0 Å². The fourth-order valence-corrected chi connectivity index (χ4v) is 6.29. The Labute approximate surface area is 121 Å². The Kier molecular flexibility index (Phi) is 3.63. The van der Waals surface area contributed by atoms with E-state index in [0.29, 0.717) is 0 Å². The van der Waals surface area contributed by atoms with Gasteiger partial charge in [-0.3, -0.25) is 8.71 Å². The molecule has 1 aromatic heterocycles. The number of hydrogen-bond acceptors (Lipinski definition) is 3. The summed E-state index contributed by atoms with van der Waals surface area (Å²) < 4.78 is 32.5. The van der Waals surface area contributed by atoms with Crippen LogP contribution in [0.25, 0.3) is 0 Å². The minimum absolute atomic E-state index is 0.107. The van der Waals surface area contributed by atoms with Crippen LogP contribution in [-0.4, -0.2) is 22.2 Å². The summed E-state index contributed by atoms with van der Waals surface area (Å²) in [5.74, 6) is -0.619. The van der Waals surface area contributed by atoms with E-state index in [9.17, 15) is 8.60 Å². The lowest BCUT2D eigenvalue weighted by atomic mass is 10.2. The molecule has 1 saturated carbocycles. The first-order valence-electron chi connectivity index (χ1n) is 6.75. The number of aromatic nitrogens is 2. The maximum atomic E-state index is 14.0. The molecule has 1 atom stereocenters. The average Bonchev–Trinajstić information content (AvgIpc) is 2.98. The topological polar surface area (TPSA) is 73.3 Å². The standard InChI is InChI=1S/C12H23FN4OSSi/c1-12(2,3)20(4,5)16-19(14,18)11-10(13)8-17(15-11)9-6-7-9/h8-9H,6-7H2,1-5H3,(H2,14,16,18). The average molecular weight is 318 g/mol. The predicted octanol–water partition coefficient (Wildman–Crippen LogP) is 3.06. The molecule has 1 aromatic rings. The number of halogens is 1. The van der Waals surface area contributed by atoms with Crippen LogP contribution >= 0.6 is 0 Å². The van der Waals surface area contributed by atoms with E-state index in [2.05, 4.69) is 9.13 Å². The van der Waals surface area contributed by atoms with Crippen LogP contribution in [0, 0.1) is 5.82 Å². The van der Waals surface area contributed by atoms with E-state index >= 15 is 0 Å². The molecule has 1 heterocycles. The van der Waals surface area contributed by atoms with E-state index in [4.69, 9.17) is 5.14 Å². The summed E-state index contributed by atoms with van der Waals surface area (Å²) in [5, 5.41) is 9.61. The molecule has 1 aliphatic rings. The van der Waals surface area contributed by atoms with Gasteiger partial charge >= 0.3 is 0 Å². The van der Waals surface area contributed by atoms with Gasteiger partial charge in [0.2, 0.25) is 5.03 Å². The number of hydrogen-bond donors (Lipinski definition) is 1. The van der Waals surface area contributed by atoms with Gasteiger partial charge in [-0.05, 0) is 31.0 Å². The Morgan fingerprint density at radius 1 is 1.50 bits per heavy atom. The summed E-state index contributed by atoms with van der Waals surface area (Å²) in [7, 11) is -5.53. The first-order valence-corrected chi connectivity index (χ1v) is 11.3. The van der Waals surface area contributed by atoms with Crippen molar-refractivity contribution in [2.45, 2.75) is 62.8 Å². The summed E-state index contributed by atoms with van der Waals surface area (Å²) in [6.07, 6.45) is 3.23. The minimum Gasteiger partial charge on any atom is -0.265 e. The molecule has 0 saturated heterocycles. The molecule has 1 unspecified atom stereocenters. The fourth-order valence-electron chi connectivity index (χ4n) is 1.60. The first-order chi connectivity index (χ1) is 8.94. The van der Waals surface area contributed by atoms with Crippen LogP contribution in [0.4, 0.5) is 4.39 Å². The molecule has 2 N–H and O–H groups in total. The van der Waals surface area contributed by atoms with Crippen LogP contribution < -0.4 is 5.14 Å². The summed E-state index contributed by atoms with van der Waals surface area (Å²) >= 11 is 0. The second-order valence-corrected chi connectivity index (χ2v) is 13.8. The molecule has 0 bridgehead atoms. The first kappa shape index (κ1) is 15.7. The highest BCUT2D eigenvalue weighted by molar-refractivity contribution is 7.92. The number of rotatable bonds is 3. The Balaban J connectivity index is 2.47. The molecule has 0 aromatic carbocycles. The molecule has 0 amide bonds. The Morgan fingerprint density at radius 3 is 2.50 bits per heavy atom. The summed E-state index contributed by atoms with van der Waals surface area (Å²) in [4.78, 5) is 0. The molecule has 8 heteroatoms. The van der Waals surface area contributed by atoms with Crippen LogP contribution in [0.1, 0.15) is 39.7 Å². The third-order valence-corrected chi connectivity index (χ3v) is 11.5. The minimum atomic E-state index is -3.29. The van der Waals surface area contributed by atoms with E-state index in [1.165, 1.54) is 10.9 Å². The molecule has 0 radical (unpaired) electrons. The van der Waals surface area contributed by atoms with Crippen LogP contribution in [-0.2, 0) is 9.92 Å². The normalized spacial score (nSPS) is 19.8. The molecule has 5 nitrogen and oxygen atoms in total. The van der Waals surface area contributed by atoms with Gasteiger partial charge in [-0.15, -0.1) is 0 Å². The highest BCUT2D eigenvalue weighted by atomic mass is 32.2. The van der Waals surface area contributed by atoms with Crippen LogP contribution in [0.5, 0.6) is 0 Å². The van der Waals surface area contributed by atoms with Crippen LogP contribution in [0.3, 0.4) is 0 Å². The van der Waals surface area contributed by atoms with Gasteiger partial charge in [0.1, 0.15) is 9.92 Å².